The Morgan fingerprint density at radius 2 is 1.96 bits per heavy atom. The fraction of sp³-hybridized carbons (Fsp3) is 0.389. The maximum atomic E-state index is 12.4. The summed E-state index contributed by atoms with van der Waals surface area (Å²) in [5, 5.41) is 11.8. The molecule has 0 radical (unpaired) electrons. The summed E-state index contributed by atoms with van der Waals surface area (Å²) < 4.78 is 8.51. The van der Waals surface area contributed by atoms with E-state index in [1.54, 1.807) is 35.9 Å². The second-order valence-electron chi connectivity index (χ2n) is 6.58. The number of halogens is 1. The number of rotatable bonds is 7. The van der Waals surface area contributed by atoms with Gasteiger partial charge >= 0.3 is 5.69 Å². The van der Waals surface area contributed by atoms with Crippen LogP contribution in [0.5, 0.6) is 5.75 Å². The van der Waals surface area contributed by atoms with Crippen molar-refractivity contribution in [3.05, 3.63) is 50.1 Å². The highest BCUT2D eigenvalue weighted by Crippen LogP contribution is 2.25. The van der Waals surface area contributed by atoms with Crippen LogP contribution in [0.4, 0.5) is 0 Å². The van der Waals surface area contributed by atoms with Gasteiger partial charge in [0.25, 0.3) is 5.56 Å². The summed E-state index contributed by atoms with van der Waals surface area (Å²) in [6.07, 6.45) is -0.892. The molecule has 3 aromatic rings. The molecule has 1 aromatic carbocycles. The number of nitrogens with one attached hydrogen (secondary N) is 1. The molecule has 2 aromatic heterocycles. The predicted molar refractivity (Wildman–Crippen MR) is 110 cm³/mol. The highest BCUT2D eigenvalue weighted by atomic mass is 35.5. The zero-order valence-electron chi connectivity index (χ0n) is 15.7. The molecule has 28 heavy (non-hydrogen) atoms. The van der Waals surface area contributed by atoms with Gasteiger partial charge in [-0.1, -0.05) is 37.2 Å². The number of ether oxygens (including phenoxy) is 1. The molecule has 0 amide bonds. The normalized spacial score (nSPS) is 12.6. The van der Waals surface area contributed by atoms with E-state index in [9.17, 15) is 14.7 Å². The fourth-order valence-electron chi connectivity index (χ4n) is 2.67. The van der Waals surface area contributed by atoms with Crippen LogP contribution in [0.1, 0.15) is 13.8 Å². The number of aromatic amines is 1. The first-order chi connectivity index (χ1) is 13.3. The quantitative estimate of drug-likeness (QED) is 0.562. The molecule has 0 unspecified atom stereocenters. The molecule has 3 rings (SSSR count). The third kappa shape index (κ3) is 4.43. The number of aliphatic hydroxyl groups is 1. The molecule has 0 aliphatic rings. The maximum absolute atomic E-state index is 12.4. The van der Waals surface area contributed by atoms with Crippen LogP contribution >= 0.6 is 23.4 Å². The summed E-state index contributed by atoms with van der Waals surface area (Å²) in [4.78, 5) is 31.0. The standard InChI is InChI=1S/C18H21ClN4O4S/c1-10(2)28-18-20-15-14(16(25)21-17(26)22(15)3)23(18)8-12(24)9-27-13-6-4-11(19)5-7-13/h4-7,10,12,24H,8-9H2,1-3H3,(H,21,25,26)/t12-/m0/s1. The topological polar surface area (TPSA) is 102 Å². The Hall–Kier alpha value is -2.23. The third-order valence-electron chi connectivity index (χ3n) is 3.96. The van der Waals surface area contributed by atoms with E-state index >= 15 is 0 Å². The average Bonchev–Trinajstić information content (AvgIpc) is 2.97. The highest BCUT2D eigenvalue weighted by Gasteiger charge is 2.20. The molecule has 2 N–H and O–H groups in total. The summed E-state index contributed by atoms with van der Waals surface area (Å²) in [6.45, 7) is 4.12. The number of H-pyrrole nitrogens is 1. The Bertz CT molecular complexity index is 1090. The van der Waals surface area contributed by atoms with E-state index in [4.69, 9.17) is 16.3 Å². The highest BCUT2D eigenvalue weighted by molar-refractivity contribution is 7.99. The van der Waals surface area contributed by atoms with E-state index in [0.29, 0.717) is 15.9 Å². The van der Waals surface area contributed by atoms with Gasteiger partial charge in [-0.05, 0) is 24.3 Å². The molecule has 0 aliphatic carbocycles. The lowest BCUT2D eigenvalue weighted by atomic mass is 10.3. The van der Waals surface area contributed by atoms with E-state index in [1.165, 1.54) is 16.3 Å². The molecular weight excluding hydrogens is 404 g/mol. The number of benzene rings is 1. The summed E-state index contributed by atoms with van der Waals surface area (Å²) in [5.41, 5.74) is -0.541. The van der Waals surface area contributed by atoms with Crippen molar-refractivity contribution in [2.45, 2.75) is 36.9 Å². The number of imidazole rings is 1. The zero-order valence-corrected chi connectivity index (χ0v) is 17.3. The number of aliphatic hydroxyl groups excluding tert-OH is 1. The van der Waals surface area contributed by atoms with Crippen LogP contribution < -0.4 is 16.0 Å². The van der Waals surface area contributed by atoms with E-state index in [2.05, 4.69) is 9.97 Å². The summed E-state index contributed by atoms with van der Waals surface area (Å²) >= 11 is 7.30. The average molecular weight is 425 g/mol. The van der Waals surface area contributed by atoms with Gasteiger partial charge in [0.15, 0.2) is 16.3 Å². The van der Waals surface area contributed by atoms with Gasteiger partial charge in [-0.15, -0.1) is 0 Å². The number of aryl methyl sites for hydroxylation is 1. The Kier molecular flexibility index (Phi) is 6.17. The first-order valence-corrected chi connectivity index (χ1v) is 9.94. The second kappa shape index (κ2) is 8.42. The molecule has 0 aliphatic heterocycles. The minimum Gasteiger partial charge on any atom is -0.491 e. The van der Waals surface area contributed by atoms with Gasteiger partial charge in [0.05, 0.1) is 6.54 Å². The van der Waals surface area contributed by atoms with Gasteiger partial charge in [-0.25, -0.2) is 9.78 Å². The summed E-state index contributed by atoms with van der Waals surface area (Å²) in [5.74, 6) is 0.580. The van der Waals surface area contributed by atoms with Gasteiger partial charge in [0.2, 0.25) is 0 Å². The molecular formula is C18H21ClN4O4S. The van der Waals surface area contributed by atoms with E-state index in [0.717, 1.165) is 0 Å². The lowest BCUT2D eigenvalue weighted by Crippen LogP contribution is -2.30. The van der Waals surface area contributed by atoms with Gasteiger partial charge in [0, 0.05) is 17.3 Å². The molecule has 10 heteroatoms. The van der Waals surface area contributed by atoms with E-state index < -0.39 is 17.4 Å². The first-order valence-electron chi connectivity index (χ1n) is 8.69. The smallest absolute Gasteiger partial charge is 0.329 e. The lowest BCUT2D eigenvalue weighted by molar-refractivity contribution is 0.0914. The number of nitrogens with zero attached hydrogens (tertiary/aromatic N) is 3. The largest absolute Gasteiger partial charge is 0.491 e. The molecule has 0 bridgehead atoms. The molecule has 0 saturated heterocycles. The molecule has 0 saturated carbocycles. The Morgan fingerprint density at radius 3 is 2.61 bits per heavy atom. The van der Waals surface area contributed by atoms with Crippen molar-refractivity contribution in [2.24, 2.45) is 7.05 Å². The molecule has 8 nitrogen and oxygen atoms in total. The van der Waals surface area contributed by atoms with Crippen molar-refractivity contribution in [2.75, 3.05) is 6.61 Å². The van der Waals surface area contributed by atoms with Crippen LogP contribution in [0.3, 0.4) is 0 Å². The SMILES string of the molecule is CC(C)Sc1nc2c(c(=O)[nH]c(=O)n2C)n1C[C@H](O)COc1ccc(Cl)cc1. The van der Waals surface area contributed by atoms with Crippen molar-refractivity contribution in [3.8, 4) is 5.75 Å². The first kappa shape index (κ1) is 20.5. The lowest BCUT2D eigenvalue weighted by Gasteiger charge is -2.15. The minimum atomic E-state index is -0.892. The Morgan fingerprint density at radius 1 is 1.29 bits per heavy atom. The summed E-state index contributed by atoms with van der Waals surface area (Å²) in [7, 11) is 1.54. The van der Waals surface area contributed by atoms with E-state index in [-0.39, 0.29) is 29.6 Å². The van der Waals surface area contributed by atoms with Crippen molar-refractivity contribution < 1.29 is 9.84 Å². The third-order valence-corrected chi connectivity index (χ3v) is 5.21. The summed E-state index contributed by atoms with van der Waals surface area (Å²) in [6, 6.07) is 6.82. The molecule has 2 heterocycles. The predicted octanol–water partition coefficient (Wildman–Crippen LogP) is 2.02. The Balaban J connectivity index is 1.89. The number of fused-ring (bicyclic) bond motifs is 1. The van der Waals surface area contributed by atoms with Crippen molar-refractivity contribution in [1.82, 2.24) is 19.1 Å². The van der Waals surface area contributed by atoms with Gasteiger partial charge in [-0.2, -0.15) is 0 Å². The van der Waals surface area contributed by atoms with Crippen LogP contribution in [-0.4, -0.2) is 42.2 Å². The van der Waals surface area contributed by atoms with Crippen molar-refractivity contribution in [1.29, 1.82) is 0 Å². The molecule has 150 valence electrons. The van der Waals surface area contributed by atoms with Crippen LogP contribution in [0.2, 0.25) is 5.02 Å². The molecule has 1 atom stereocenters. The van der Waals surface area contributed by atoms with E-state index in [1.807, 2.05) is 13.8 Å². The monoisotopic (exact) mass is 424 g/mol. The number of hydrogen-bond donors (Lipinski definition) is 2. The molecule has 0 fully saturated rings. The van der Waals surface area contributed by atoms with Crippen molar-refractivity contribution >= 4 is 34.5 Å². The van der Waals surface area contributed by atoms with Crippen LogP contribution in [0, 0.1) is 0 Å². The van der Waals surface area contributed by atoms with Gasteiger partial charge < -0.3 is 14.4 Å². The van der Waals surface area contributed by atoms with Crippen LogP contribution in [-0.2, 0) is 13.6 Å². The zero-order chi connectivity index (χ0) is 20.4. The van der Waals surface area contributed by atoms with Gasteiger partial charge in [0.1, 0.15) is 18.5 Å². The minimum absolute atomic E-state index is 0.0246. The fourth-order valence-corrected chi connectivity index (χ4v) is 3.65. The maximum Gasteiger partial charge on any atom is 0.329 e. The van der Waals surface area contributed by atoms with Crippen LogP contribution in [0.15, 0.2) is 39.0 Å². The van der Waals surface area contributed by atoms with Crippen molar-refractivity contribution in [3.63, 3.8) is 0 Å². The second-order valence-corrected chi connectivity index (χ2v) is 8.56. The molecule has 0 spiro atoms. The van der Waals surface area contributed by atoms with Gasteiger partial charge in [-0.3, -0.25) is 14.3 Å². The Labute approximate surface area is 170 Å². The number of thioether (sulfide) groups is 1. The number of aromatic nitrogens is 4. The van der Waals surface area contributed by atoms with Crippen LogP contribution in [0.25, 0.3) is 11.2 Å². The number of hydrogen-bond acceptors (Lipinski definition) is 6.